The molecule has 1 saturated heterocycles. The fourth-order valence-corrected chi connectivity index (χ4v) is 2.94. The van der Waals surface area contributed by atoms with Crippen LogP contribution in [0.1, 0.15) is 23.0 Å². The first-order valence-corrected chi connectivity index (χ1v) is 8.37. The summed E-state index contributed by atoms with van der Waals surface area (Å²) < 4.78 is 0. The van der Waals surface area contributed by atoms with Gasteiger partial charge in [-0.15, -0.1) is 0 Å². The van der Waals surface area contributed by atoms with Gasteiger partial charge in [-0.25, -0.2) is 0 Å². The van der Waals surface area contributed by atoms with Crippen molar-refractivity contribution in [3.05, 3.63) is 53.9 Å². The third kappa shape index (κ3) is 4.15. The van der Waals surface area contributed by atoms with Gasteiger partial charge in [0.25, 0.3) is 5.91 Å². The van der Waals surface area contributed by atoms with E-state index in [1.165, 1.54) is 0 Å². The molecule has 2 amide bonds. The zero-order valence-electron chi connectivity index (χ0n) is 14.5. The highest BCUT2D eigenvalue weighted by atomic mass is 16.2. The first-order valence-electron chi connectivity index (χ1n) is 8.37. The summed E-state index contributed by atoms with van der Waals surface area (Å²) in [6.45, 7) is 6.47. The number of hydrogen-bond donors (Lipinski definition) is 1. The van der Waals surface area contributed by atoms with Gasteiger partial charge in [-0.1, -0.05) is 12.1 Å². The lowest BCUT2D eigenvalue weighted by atomic mass is 10.2. The quantitative estimate of drug-likeness (QED) is 0.933. The molecule has 1 aliphatic rings. The molecule has 0 bridgehead atoms. The van der Waals surface area contributed by atoms with Crippen molar-refractivity contribution in [3.63, 3.8) is 0 Å². The van der Waals surface area contributed by atoms with Crippen molar-refractivity contribution in [2.45, 2.75) is 13.8 Å². The van der Waals surface area contributed by atoms with Crippen molar-refractivity contribution in [2.75, 3.05) is 36.4 Å². The third-order valence-electron chi connectivity index (χ3n) is 4.34. The van der Waals surface area contributed by atoms with Crippen molar-refractivity contribution in [1.82, 2.24) is 9.88 Å². The molecule has 0 saturated carbocycles. The monoisotopic (exact) mass is 338 g/mol. The van der Waals surface area contributed by atoms with Crippen LogP contribution < -0.4 is 10.2 Å². The number of nitrogens with one attached hydrogen (secondary N) is 1. The molecule has 1 fully saturated rings. The Morgan fingerprint density at radius 3 is 2.52 bits per heavy atom. The number of anilines is 2. The Hall–Kier alpha value is -2.89. The summed E-state index contributed by atoms with van der Waals surface area (Å²) in [7, 11) is 0. The van der Waals surface area contributed by atoms with Gasteiger partial charge in [0.1, 0.15) is 5.69 Å². The predicted molar refractivity (Wildman–Crippen MR) is 97.8 cm³/mol. The number of aryl methyl sites for hydroxylation is 1. The van der Waals surface area contributed by atoms with E-state index in [-0.39, 0.29) is 11.8 Å². The lowest BCUT2D eigenvalue weighted by Crippen LogP contribution is -2.48. The van der Waals surface area contributed by atoms with E-state index in [0.717, 1.165) is 30.0 Å². The molecule has 130 valence electrons. The minimum atomic E-state index is -0.227. The Morgan fingerprint density at radius 1 is 1.08 bits per heavy atom. The molecule has 3 rings (SSSR count). The molecular formula is C19H22N4O2. The second kappa shape index (κ2) is 7.34. The largest absolute Gasteiger partial charge is 0.368 e. The summed E-state index contributed by atoms with van der Waals surface area (Å²) in [5.41, 5.74) is 3.18. The Labute approximate surface area is 147 Å². The molecular weight excluding hydrogens is 316 g/mol. The molecule has 25 heavy (non-hydrogen) atoms. The maximum atomic E-state index is 12.5. The van der Waals surface area contributed by atoms with Gasteiger partial charge in [0.2, 0.25) is 5.91 Å². The van der Waals surface area contributed by atoms with Crippen LogP contribution in [0.15, 0.2) is 42.6 Å². The highest BCUT2D eigenvalue weighted by molar-refractivity contribution is 6.03. The fourth-order valence-electron chi connectivity index (χ4n) is 2.94. The first kappa shape index (κ1) is 17.0. The molecule has 1 aliphatic heterocycles. The van der Waals surface area contributed by atoms with E-state index < -0.39 is 0 Å². The van der Waals surface area contributed by atoms with E-state index in [0.29, 0.717) is 18.8 Å². The molecule has 6 heteroatoms. The molecule has 1 aromatic heterocycles. The SMILES string of the molecule is CC(=O)N1CCN(c2ccnc(C(=O)Nc3cccc(C)c3)c2)CC1. The van der Waals surface area contributed by atoms with Crippen LogP contribution in [0.5, 0.6) is 0 Å². The second-order valence-corrected chi connectivity index (χ2v) is 6.22. The van der Waals surface area contributed by atoms with Crippen LogP contribution in [-0.4, -0.2) is 47.9 Å². The minimum absolute atomic E-state index is 0.104. The molecule has 0 atom stereocenters. The van der Waals surface area contributed by atoms with Crippen LogP contribution in [0.2, 0.25) is 0 Å². The molecule has 2 aromatic rings. The Bertz CT molecular complexity index is 782. The summed E-state index contributed by atoms with van der Waals surface area (Å²) in [6.07, 6.45) is 1.65. The molecule has 1 N–H and O–H groups in total. The zero-order chi connectivity index (χ0) is 17.8. The van der Waals surface area contributed by atoms with Gasteiger partial charge in [0.05, 0.1) is 0 Å². The van der Waals surface area contributed by atoms with Crippen LogP contribution in [0.4, 0.5) is 11.4 Å². The van der Waals surface area contributed by atoms with Gasteiger partial charge in [-0.05, 0) is 36.8 Å². The number of piperazine rings is 1. The van der Waals surface area contributed by atoms with E-state index in [1.54, 1.807) is 19.2 Å². The Kier molecular flexibility index (Phi) is 4.97. The average molecular weight is 338 g/mol. The van der Waals surface area contributed by atoms with E-state index >= 15 is 0 Å². The number of benzene rings is 1. The number of pyridine rings is 1. The maximum absolute atomic E-state index is 12.5. The van der Waals surface area contributed by atoms with Gasteiger partial charge >= 0.3 is 0 Å². The van der Waals surface area contributed by atoms with Gasteiger partial charge in [-0.2, -0.15) is 0 Å². The van der Waals surface area contributed by atoms with E-state index in [9.17, 15) is 9.59 Å². The van der Waals surface area contributed by atoms with E-state index in [1.807, 2.05) is 42.2 Å². The third-order valence-corrected chi connectivity index (χ3v) is 4.34. The van der Waals surface area contributed by atoms with Crippen LogP contribution in [-0.2, 0) is 4.79 Å². The summed E-state index contributed by atoms with van der Waals surface area (Å²) in [4.78, 5) is 32.1. The lowest BCUT2D eigenvalue weighted by molar-refractivity contribution is -0.129. The van der Waals surface area contributed by atoms with Crippen molar-refractivity contribution >= 4 is 23.2 Å². The Balaban J connectivity index is 1.69. The molecule has 0 spiro atoms. The first-order chi connectivity index (χ1) is 12.0. The number of amides is 2. The molecule has 6 nitrogen and oxygen atoms in total. The summed E-state index contributed by atoms with van der Waals surface area (Å²) >= 11 is 0. The van der Waals surface area contributed by atoms with Crippen LogP contribution in [0.25, 0.3) is 0 Å². The number of rotatable bonds is 3. The number of nitrogens with zero attached hydrogens (tertiary/aromatic N) is 3. The fraction of sp³-hybridized carbons (Fsp3) is 0.316. The number of carbonyl (C=O) groups excluding carboxylic acids is 2. The zero-order valence-corrected chi connectivity index (χ0v) is 14.5. The molecule has 0 aliphatic carbocycles. The van der Waals surface area contributed by atoms with E-state index in [4.69, 9.17) is 0 Å². The van der Waals surface area contributed by atoms with Crippen molar-refractivity contribution in [3.8, 4) is 0 Å². The van der Waals surface area contributed by atoms with Crippen LogP contribution in [0, 0.1) is 6.92 Å². The number of hydrogen-bond acceptors (Lipinski definition) is 4. The van der Waals surface area contributed by atoms with Gasteiger partial charge in [0, 0.05) is 50.7 Å². The highest BCUT2D eigenvalue weighted by Crippen LogP contribution is 2.18. The highest BCUT2D eigenvalue weighted by Gasteiger charge is 2.19. The molecule has 0 radical (unpaired) electrons. The summed E-state index contributed by atoms with van der Waals surface area (Å²) in [5.74, 6) is -0.123. The number of carbonyl (C=O) groups is 2. The van der Waals surface area contributed by atoms with E-state index in [2.05, 4.69) is 15.2 Å². The summed E-state index contributed by atoms with van der Waals surface area (Å²) in [6, 6.07) is 11.4. The smallest absolute Gasteiger partial charge is 0.274 e. The molecule has 0 unspecified atom stereocenters. The van der Waals surface area contributed by atoms with Crippen molar-refractivity contribution in [2.24, 2.45) is 0 Å². The van der Waals surface area contributed by atoms with Crippen molar-refractivity contribution in [1.29, 1.82) is 0 Å². The number of aromatic nitrogens is 1. The molecule has 2 heterocycles. The molecule has 1 aromatic carbocycles. The van der Waals surface area contributed by atoms with Gasteiger partial charge < -0.3 is 15.1 Å². The standard InChI is InChI=1S/C19H22N4O2/c1-14-4-3-5-16(12-14)21-19(25)18-13-17(6-7-20-18)23-10-8-22(9-11-23)15(2)24/h3-7,12-13H,8-11H2,1-2H3,(H,21,25). The minimum Gasteiger partial charge on any atom is -0.368 e. The predicted octanol–water partition coefficient (Wildman–Crippen LogP) is 2.31. The summed E-state index contributed by atoms with van der Waals surface area (Å²) in [5, 5.41) is 2.88. The Morgan fingerprint density at radius 2 is 1.84 bits per heavy atom. The maximum Gasteiger partial charge on any atom is 0.274 e. The van der Waals surface area contributed by atoms with Gasteiger partial charge in [-0.3, -0.25) is 14.6 Å². The van der Waals surface area contributed by atoms with Crippen LogP contribution in [0.3, 0.4) is 0 Å². The normalized spacial score (nSPS) is 14.3. The average Bonchev–Trinajstić information content (AvgIpc) is 2.62. The van der Waals surface area contributed by atoms with Gasteiger partial charge in [0.15, 0.2) is 0 Å². The lowest BCUT2D eigenvalue weighted by Gasteiger charge is -2.35. The topological polar surface area (TPSA) is 65.5 Å². The van der Waals surface area contributed by atoms with Crippen molar-refractivity contribution < 1.29 is 9.59 Å². The second-order valence-electron chi connectivity index (χ2n) is 6.22. The van der Waals surface area contributed by atoms with Crippen LogP contribution >= 0.6 is 0 Å².